The summed E-state index contributed by atoms with van der Waals surface area (Å²) in [6.07, 6.45) is 7.34. The van der Waals surface area contributed by atoms with Crippen LogP contribution in [0.4, 0.5) is 0 Å². The third kappa shape index (κ3) is 1.60. The first-order valence-electron chi connectivity index (χ1n) is 3.16. The molecule has 1 atom stereocenters. The van der Waals surface area contributed by atoms with Crippen LogP contribution in [0.1, 0.15) is 6.92 Å². The fraction of sp³-hybridized carbons (Fsp3) is 0.250. The summed E-state index contributed by atoms with van der Waals surface area (Å²) in [4.78, 5) is 0. The van der Waals surface area contributed by atoms with Crippen molar-refractivity contribution in [2.75, 3.05) is 0 Å². The molecule has 1 nitrogen and oxygen atoms in total. The summed E-state index contributed by atoms with van der Waals surface area (Å²) in [6.45, 7) is 1.76. The predicted octanol–water partition coefficient (Wildman–Crippen LogP) is 0.409. The zero-order chi connectivity index (χ0) is 7.56. The van der Waals surface area contributed by atoms with E-state index in [1.807, 2.05) is 24.6 Å². The number of rotatable bonds is 1. The minimum absolute atomic E-state index is 0.377. The van der Waals surface area contributed by atoms with Gasteiger partial charge in [0.2, 0.25) is 0 Å². The first kappa shape index (κ1) is 7.80. The van der Waals surface area contributed by atoms with Gasteiger partial charge in [-0.2, -0.15) is 0 Å². The number of allylic oxidation sites excluding steroid dienone is 3. The molecule has 0 saturated carbocycles. The van der Waals surface area contributed by atoms with Gasteiger partial charge >= 0.3 is 68.3 Å². The van der Waals surface area contributed by atoms with Crippen LogP contribution in [0.25, 0.3) is 0 Å². The second-order valence-electron chi connectivity index (χ2n) is 2.21. The second-order valence-corrected chi connectivity index (χ2v) is 3.14. The summed E-state index contributed by atoms with van der Waals surface area (Å²) in [5, 5.41) is 9.18. The molecule has 0 bridgehead atoms. The Morgan fingerprint density at radius 3 is 2.80 bits per heavy atom. The molecule has 2 heteroatoms. The fourth-order valence-corrected chi connectivity index (χ4v) is 1.49. The van der Waals surface area contributed by atoms with Crippen molar-refractivity contribution in [1.82, 2.24) is 0 Å². The number of hydrogen-bond donors (Lipinski definition) is 1. The summed E-state index contributed by atoms with van der Waals surface area (Å²) in [5.41, 5.74) is 0.961. The Morgan fingerprint density at radius 2 is 2.40 bits per heavy atom. The molecule has 0 fully saturated rings. The van der Waals surface area contributed by atoms with Gasteiger partial charge in [0, 0.05) is 0 Å². The summed E-state index contributed by atoms with van der Waals surface area (Å²) >= 11 is 2.89. The maximum atomic E-state index is 9.18. The van der Waals surface area contributed by atoms with E-state index in [0.29, 0.717) is 0 Å². The van der Waals surface area contributed by atoms with E-state index in [0.717, 1.165) is 9.99 Å². The van der Waals surface area contributed by atoms with Gasteiger partial charge in [0.1, 0.15) is 0 Å². The summed E-state index contributed by atoms with van der Waals surface area (Å²) in [7, 11) is 0. The standard InChI is InChI=1S/C8H9OSe/c1-6(9)7-4-2-3-5-8(7)10/h2-6,9H,1H3/q+1/t6-/m0/s1. The summed E-state index contributed by atoms with van der Waals surface area (Å²) in [6, 6.07) is 0. The monoisotopic (exact) mass is 201 g/mol. The van der Waals surface area contributed by atoms with Crippen LogP contribution in [0.5, 0.6) is 0 Å². The van der Waals surface area contributed by atoms with Crippen LogP contribution < -0.4 is 0 Å². The molecule has 0 aromatic rings. The second kappa shape index (κ2) is 3.20. The molecule has 1 aliphatic rings. The molecule has 0 unspecified atom stereocenters. The molecular weight excluding hydrogens is 191 g/mol. The van der Waals surface area contributed by atoms with Gasteiger partial charge in [-0.1, -0.05) is 0 Å². The van der Waals surface area contributed by atoms with Crippen LogP contribution >= 0.6 is 0 Å². The van der Waals surface area contributed by atoms with Gasteiger partial charge in [0.05, 0.1) is 0 Å². The Balaban J connectivity index is 2.76. The molecule has 0 aliphatic heterocycles. The molecule has 0 spiro atoms. The Hall–Kier alpha value is -0.301. The van der Waals surface area contributed by atoms with Crippen LogP contribution in [0.3, 0.4) is 0 Å². The maximum absolute atomic E-state index is 9.18. The zero-order valence-corrected chi connectivity index (χ0v) is 7.46. The fourth-order valence-electron chi connectivity index (χ4n) is 0.826. The van der Waals surface area contributed by atoms with Crippen LogP contribution in [0, 0.1) is 6.42 Å². The Kier molecular flexibility index (Phi) is 2.50. The Bertz CT molecular complexity index is 201. The Morgan fingerprint density at radius 1 is 1.70 bits per heavy atom. The van der Waals surface area contributed by atoms with E-state index in [1.165, 1.54) is 0 Å². The van der Waals surface area contributed by atoms with E-state index in [1.54, 1.807) is 6.92 Å². The van der Waals surface area contributed by atoms with Crippen molar-refractivity contribution in [3.05, 3.63) is 30.2 Å². The molecule has 1 rings (SSSR count). The van der Waals surface area contributed by atoms with E-state index in [4.69, 9.17) is 0 Å². The van der Waals surface area contributed by atoms with Gasteiger partial charge in [-0.3, -0.25) is 0 Å². The van der Waals surface area contributed by atoms with Crippen molar-refractivity contribution in [2.45, 2.75) is 13.0 Å². The van der Waals surface area contributed by atoms with E-state index in [2.05, 4.69) is 15.6 Å². The van der Waals surface area contributed by atoms with Crippen LogP contribution in [0.15, 0.2) is 23.8 Å². The number of aliphatic hydroxyl groups is 1. The van der Waals surface area contributed by atoms with Crippen LogP contribution in [-0.4, -0.2) is 31.2 Å². The number of hydrogen-bond acceptors (Lipinski definition) is 1. The molecule has 10 heavy (non-hydrogen) atoms. The Labute approximate surface area is 68.8 Å². The van der Waals surface area contributed by atoms with Gasteiger partial charge in [-0.25, -0.2) is 0 Å². The number of aliphatic hydroxyl groups excluding tert-OH is 1. The van der Waals surface area contributed by atoms with E-state index >= 15 is 0 Å². The van der Waals surface area contributed by atoms with Crippen molar-refractivity contribution < 1.29 is 5.11 Å². The first-order chi connectivity index (χ1) is 4.72. The molecule has 52 valence electrons. The van der Waals surface area contributed by atoms with Gasteiger partial charge in [0.25, 0.3) is 0 Å². The van der Waals surface area contributed by atoms with Crippen LogP contribution in [-0.2, 0) is 0 Å². The van der Waals surface area contributed by atoms with Crippen molar-refractivity contribution in [3.63, 3.8) is 0 Å². The molecule has 0 aromatic carbocycles. The summed E-state index contributed by atoms with van der Waals surface area (Å²) in [5.74, 6) is 0. The topological polar surface area (TPSA) is 20.2 Å². The zero-order valence-electron chi connectivity index (χ0n) is 5.74. The van der Waals surface area contributed by atoms with Crippen molar-refractivity contribution >= 4 is 20.0 Å². The molecule has 0 aromatic heterocycles. The average Bonchev–Trinajstić information content (AvgIpc) is 1.88. The normalized spacial score (nSPS) is 19.8. The van der Waals surface area contributed by atoms with E-state index in [9.17, 15) is 5.11 Å². The van der Waals surface area contributed by atoms with Crippen molar-refractivity contribution in [3.8, 4) is 0 Å². The van der Waals surface area contributed by atoms with Crippen molar-refractivity contribution in [2.24, 2.45) is 0 Å². The quantitative estimate of drug-likeness (QED) is 0.480. The molecule has 0 amide bonds. The molecule has 1 N–H and O–H groups in total. The molecule has 0 radical (unpaired) electrons. The van der Waals surface area contributed by atoms with Gasteiger partial charge < -0.3 is 0 Å². The summed E-state index contributed by atoms with van der Waals surface area (Å²) < 4.78 is 1.03. The minimum atomic E-state index is -0.377. The first-order valence-corrected chi connectivity index (χ1v) is 4.01. The molecule has 0 saturated heterocycles. The predicted molar refractivity (Wildman–Crippen MR) is 44.0 cm³/mol. The van der Waals surface area contributed by atoms with E-state index in [-0.39, 0.29) is 6.10 Å². The van der Waals surface area contributed by atoms with Gasteiger partial charge in [-0.05, 0) is 0 Å². The molecular formula is C8H9OSe+. The average molecular weight is 200 g/mol. The van der Waals surface area contributed by atoms with E-state index < -0.39 is 0 Å². The van der Waals surface area contributed by atoms with Crippen LogP contribution in [0.2, 0.25) is 0 Å². The third-order valence-corrected chi connectivity index (χ3v) is 2.15. The molecule has 1 aliphatic carbocycles. The van der Waals surface area contributed by atoms with Crippen molar-refractivity contribution in [1.29, 1.82) is 0 Å². The van der Waals surface area contributed by atoms with Gasteiger partial charge in [-0.15, -0.1) is 0 Å². The molecule has 0 heterocycles. The SMILES string of the molecule is C[C@H](O)C1=C[CH+]C=CC1=[Se]. The third-order valence-electron chi connectivity index (χ3n) is 1.37. The van der Waals surface area contributed by atoms with Gasteiger partial charge in [0.15, 0.2) is 0 Å².